The molecule has 0 aromatic rings. The first-order chi connectivity index (χ1) is 7.32. The summed E-state index contributed by atoms with van der Waals surface area (Å²) in [4.78, 5) is 22.3. The number of nitrogens with two attached hydrogens (primary N) is 1. The minimum absolute atomic E-state index is 0.161. The van der Waals surface area contributed by atoms with Crippen LogP contribution in [0.5, 0.6) is 0 Å². The van der Waals surface area contributed by atoms with Gasteiger partial charge in [-0.3, -0.25) is 4.79 Å². The number of carbonyl (C=O) groups is 2. The lowest BCUT2D eigenvalue weighted by Gasteiger charge is -2.19. The lowest BCUT2D eigenvalue weighted by Crippen LogP contribution is -2.50. The Balaban J connectivity index is 4.26. The van der Waals surface area contributed by atoms with Crippen LogP contribution in [0.25, 0.3) is 0 Å². The van der Waals surface area contributed by atoms with Crippen LogP contribution in [-0.4, -0.2) is 35.7 Å². The molecule has 2 atom stereocenters. The predicted molar refractivity (Wildman–Crippen MR) is 60.7 cm³/mol. The highest BCUT2D eigenvalue weighted by Gasteiger charge is 2.20. The van der Waals surface area contributed by atoms with E-state index in [4.69, 9.17) is 10.8 Å². The number of aliphatic hydroxyl groups is 1. The van der Waals surface area contributed by atoms with E-state index in [-0.39, 0.29) is 18.4 Å². The molecule has 0 saturated carbocycles. The summed E-state index contributed by atoms with van der Waals surface area (Å²) in [5, 5.41) is 13.9. The van der Waals surface area contributed by atoms with Crippen molar-refractivity contribution in [3.63, 3.8) is 0 Å². The number of primary amides is 1. The van der Waals surface area contributed by atoms with Crippen LogP contribution < -0.4 is 16.4 Å². The van der Waals surface area contributed by atoms with Crippen molar-refractivity contribution in [2.45, 2.75) is 39.3 Å². The van der Waals surface area contributed by atoms with Gasteiger partial charge < -0.3 is 21.5 Å². The molecular weight excluding hydrogens is 210 g/mol. The fourth-order valence-electron chi connectivity index (χ4n) is 1.25. The molecule has 0 saturated heterocycles. The van der Waals surface area contributed by atoms with E-state index in [2.05, 4.69) is 10.6 Å². The summed E-state index contributed by atoms with van der Waals surface area (Å²) in [5.41, 5.74) is 4.98. The number of hydrogen-bond donors (Lipinski definition) is 4. The Kier molecular flexibility index (Phi) is 6.48. The molecule has 0 radical (unpaired) electrons. The molecule has 0 aromatic heterocycles. The van der Waals surface area contributed by atoms with Gasteiger partial charge in [0.25, 0.3) is 0 Å². The third kappa shape index (κ3) is 7.05. The smallest absolute Gasteiger partial charge is 0.312 e. The van der Waals surface area contributed by atoms with Gasteiger partial charge in [-0.2, -0.15) is 0 Å². The first-order valence-corrected chi connectivity index (χ1v) is 5.34. The molecule has 1 unspecified atom stereocenters. The van der Waals surface area contributed by atoms with Gasteiger partial charge in [-0.05, 0) is 19.3 Å². The molecule has 0 aliphatic carbocycles. The molecule has 16 heavy (non-hydrogen) atoms. The second-order valence-corrected chi connectivity index (χ2v) is 4.28. The normalized spacial score (nSPS) is 14.3. The number of carbonyl (C=O) groups excluding carboxylic acids is 2. The van der Waals surface area contributed by atoms with Crippen molar-refractivity contribution >= 4 is 11.9 Å². The number of rotatable bonds is 6. The van der Waals surface area contributed by atoms with Crippen LogP contribution in [0.4, 0.5) is 4.79 Å². The van der Waals surface area contributed by atoms with Crippen molar-refractivity contribution in [3.05, 3.63) is 0 Å². The summed E-state index contributed by atoms with van der Waals surface area (Å²) in [6.45, 7) is 5.61. The Morgan fingerprint density at radius 2 is 1.88 bits per heavy atom. The Morgan fingerprint density at radius 1 is 1.31 bits per heavy atom. The average Bonchev–Trinajstić information content (AvgIpc) is 2.11. The maximum Gasteiger partial charge on any atom is 0.312 e. The molecule has 0 heterocycles. The van der Waals surface area contributed by atoms with E-state index >= 15 is 0 Å². The SMILES string of the molecule is CC(C)CC(NC(N)=O)C(=O)NC[C@@H](C)O. The Hall–Kier alpha value is -1.30. The Labute approximate surface area is 95.6 Å². The van der Waals surface area contributed by atoms with Crippen molar-refractivity contribution < 1.29 is 14.7 Å². The van der Waals surface area contributed by atoms with Crippen LogP contribution in [-0.2, 0) is 4.79 Å². The van der Waals surface area contributed by atoms with Gasteiger partial charge in [0, 0.05) is 6.54 Å². The molecule has 5 N–H and O–H groups in total. The second-order valence-electron chi connectivity index (χ2n) is 4.28. The molecule has 6 heteroatoms. The van der Waals surface area contributed by atoms with Crippen LogP contribution >= 0.6 is 0 Å². The number of amides is 3. The van der Waals surface area contributed by atoms with Gasteiger partial charge in [0.2, 0.25) is 5.91 Å². The van der Waals surface area contributed by atoms with Crippen molar-refractivity contribution in [2.24, 2.45) is 11.7 Å². The number of nitrogens with one attached hydrogen (secondary N) is 2. The van der Waals surface area contributed by atoms with Crippen LogP contribution in [0.2, 0.25) is 0 Å². The highest BCUT2D eigenvalue weighted by Crippen LogP contribution is 2.04. The number of urea groups is 1. The van der Waals surface area contributed by atoms with E-state index in [1.807, 2.05) is 13.8 Å². The van der Waals surface area contributed by atoms with Gasteiger partial charge in [-0.15, -0.1) is 0 Å². The lowest BCUT2D eigenvalue weighted by atomic mass is 10.0. The van der Waals surface area contributed by atoms with E-state index in [1.54, 1.807) is 6.92 Å². The summed E-state index contributed by atoms with van der Waals surface area (Å²) in [6, 6.07) is -1.37. The number of hydrogen-bond acceptors (Lipinski definition) is 3. The molecule has 0 rings (SSSR count). The second kappa shape index (κ2) is 7.05. The highest BCUT2D eigenvalue weighted by atomic mass is 16.3. The molecule has 0 aliphatic heterocycles. The molecular formula is C10H21N3O3. The summed E-state index contributed by atoms with van der Waals surface area (Å²) < 4.78 is 0. The van der Waals surface area contributed by atoms with E-state index in [0.717, 1.165) is 0 Å². The van der Waals surface area contributed by atoms with Crippen molar-refractivity contribution in [1.82, 2.24) is 10.6 Å². The van der Waals surface area contributed by atoms with Crippen LogP contribution in [0, 0.1) is 5.92 Å². The standard InChI is InChI=1S/C10H21N3O3/c1-6(2)4-8(13-10(11)16)9(15)12-5-7(3)14/h6-8,14H,4-5H2,1-3H3,(H,12,15)(H3,11,13,16)/t7-,8?/m1/s1. The fourth-order valence-corrected chi connectivity index (χ4v) is 1.25. The summed E-state index contributed by atoms with van der Waals surface area (Å²) >= 11 is 0. The Morgan fingerprint density at radius 3 is 2.25 bits per heavy atom. The Bertz CT molecular complexity index is 241. The van der Waals surface area contributed by atoms with Gasteiger partial charge in [-0.25, -0.2) is 4.79 Å². The molecule has 0 aliphatic rings. The van der Waals surface area contributed by atoms with Gasteiger partial charge in [0.15, 0.2) is 0 Å². The zero-order valence-corrected chi connectivity index (χ0v) is 9.99. The molecule has 0 bridgehead atoms. The maximum absolute atomic E-state index is 11.6. The van der Waals surface area contributed by atoms with Crippen LogP contribution in [0.15, 0.2) is 0 Å². The molecule has 3 amide bonds. The summed E-state index contributed by atoms with van der Waals surface area (Å²) in [7, 11) is 0. The zero-order chi connectivity index (χ0) is 12.7. The van der Waals surface area contributed by atoms with E-state index in [1.165, 1.54) is 0 Å². The third-order valence-corrected chi connectivity index (χ3v) is 1.91. The summed E-state index contributed by atoms with van der Waals surface area (Å²) in [6.07, 6.45) is -0.105. The minimum atomic E-state index is -0.724. The van der Waals surface area contributed by atoms with Crippen LogP contribution in [0.1, 0.15) is 27.2 Å². The van der Waals surface area contributed by atoms with E-state index in [0.29, 0.717) is 6.42 Å². The van der Waals surface area contributed by atoms with Gasteiger partial charge in [0.05, 0.1) is 6.10 Å². The van der Waals surface area contributed by atoms with Gasteiger partial charge in [0.1, 0.15) is 6.04 Å². The first-order valence-electron chi connectivity index (χ1n) is 5.34. The maximum atomic E-state index is 11.6. The molecule has 0 spiro atoms. The molecule has 0 fully saturated rings. The highest BCUT2D eigenvalue weighted by molar-refractivity contribution is 5.86. The van der Waals surface area contributed by atoms with Crippen molar-refractivity contribution in [2.75, 3.05) is 6.54 Å². The van der Waals surface area contributed by atoms with Gasteiger partial charge in [-0.1, -0.05) is 13.8 Å². The first kappa shape index (κ1) is 14.7. The van der Waals surface area contributed by atoms with Gasteiger partial charge >= 0.3 is 6.03 Å². The van der Waals surface area contributed by atoms with E-state index in [9.17, 15) is 9.59 Å². The zero-order valence-electron chi connectivity index (χ0n) is 9.99. The fraction of sp³-hybridized carbons (Fsp3) is 0.800. The topological polar surface area (TPSA) is 104 Å². The third-order valence-electron chi connectivity index (χ3n) is 1.91. The summed E-state index contributed by atoms with van der Waals surface area (Å²) in [5.74, 6) is -0.0671. The molecule has 6 nitrogen and oxygen atoms in total. The lowest BCUT2D eigenvalue weighted by molar-refractivity contribution is -0.123. The molecule has 94 valence electrons. The minimum Gasteiger partial charge on any atom is -0.392 e. The average molecular weight is 231 g/mol. The number of aliphatic hydroxyl groups excluding tert-OH is 1. The largest absolute Gasteiger partial charge is 0.392 e. The molecule has 0 aromatic carbocycles. The van der Waals surface area contributed by atoms with Crippen molar-refractivity contribution in [3.8, 4) is 0 Å². The van der Waals surface area contributed by atoms with Crippen molar-refractivity contribution in [1.29, 1.82) is 0 Å². The predicted octanol–water partition coefficient (Wildman–Crippen LogP) is -0.434. The monoisotopic (exact) mass is 231 g/mol. The quantitative estimate of drug-likeness (QED) is 0.498. The van der Waals surface area contributed by atoms with Crippen LogP contribution in [0.3, 0.4) is 0 Å². The van der Waals surface area contributed by atoms with E-state index < -0.39 is 18.2 Å².